The molecule has 0 saturated carbocycles. The number of benzene rings is 2. The molecule has 0 bridgehead atoms. The Morgan fingerprint density at radius 1 is 1.08 bits per heavy atom. The van der Waals surface area contributed by atoms with E-state index >= 15 is 0 Å². The van der Waals surface area contributed by atoms with E-state index in [0.29, 0.717) is 35.8 Å². The first-order valence-electron chi connectivity index (χ1n) is 12.2. The lowest BCUT2D eigenvalue weighted by Crippen LogP contribution is -2.33. The molecule has 3 rings (SSSR count). The average Bonchev–Trinajstić information content (AvgIpc) is 3.22. The zero-order valence-electron chi connectivity index (χ0n) is 21.1. The minimum absolute atomic E-state index is 0.178. The van der Waals surface area contributed by atoms with Crippen LogP contribution < -0.4 is 9.54 Å². The van der Waals surface area contributed by atoms with Gasteiger partial charge in [-0.25, -0.2) is 8.42 Å². The normalized spacial score (nSPS) is 12.2. The Labute approximate surface area is 217 Å². The first-order valence-corrected chi connectivity index (χ1v) is 14.5. The lowest BCUT2D eigenvalue weighted by atomic mass is 10.2. The predicted molar refractivity (Wildman–Crippen MR) is 145 cm³/mol. The number of terminal acetylenes is 1. The van der Waals surface area contributed by atoms with Crippen LogP contribution in [0.5, 0.6) is 5.75 Å². The van der Waals surface area contributed by atoms with Crippen molar-refractivity contribution in [1.29, 1.82) is 0 Å². The second-order valence-corrected chi connectivity index (χ2v) is 11.2. The van der Waals surface area contributed by atoms with Gasteiger partial charge in [0.15, 0.2) is 4.80 Å². The molecule has 1 aromatic heterocycles. The van der Waals surface area contributed by atoms with Crippen LogP contribution in [0, 0.1) is 12.3 Å². The third-order valence-electron chi connectivity index (χ3n) is 5.67. The number of hydrogen-bond acceptors (Lipinski definition) is 5. The van der Waals surface area contributed by atoms with Crippen LogP contribution in [0.3, 0.4) is 0 Å². The number of hydrogen-bond donors (Lipinski definition) is 0. The Bertz CT molecular complexity index is 1390. The van der Waals surface area contributed by atoms with Crippen LogP contribution in [0.25, 0.3) is 10.2 Å². The molecule has 1 amide bonds. The molecule has 0 saturated heterocycles. The van der Waals surface area contributed by atoms with Gasteiger partial charge < -0.3 is 9.30 Å². The maximum absolute atomic E-state index is 13.2. The van der Waals surface area contributed by atoms with E-state index in [1.165, 1.54) is 39.9 Å². The molecule has 2 aromatic carbocycles. The van der Waals surface area contributed by atoms with Crippen LogP contribution in [0.4, 0.5) is 0 Å². The Kier molecular flexibility index (Phi) is 9.88. The van der Waals surface area contributed by atoms with Crippen LogP contribution in [0.1, 0.15) is 56.8 Å². The Balaban J connectivity index is 1.95. The molecule has 9 heteroatoms. The molecule has 0 radical (unpaired) electrons. The van der Waals surface area contributed by atoms with Crippen LogP contribution >= 0.6 is 11.3 Å². The summed E-state index contributed by atoms with van der Waals surface area (Å²) in [6.45, 7) is 7.69. The first-order chi connectivity index (χ1) is 17.4. The fourth-order valence-electron chi connectivity index (χ4n) is 3.78. The number of thiazole rings is 1. The van der Waals surface area contributed by atoms with Crippen molar-refractivity contribution in [3.05, 3.63) is 52.8 Å². The highest BCUT2D eigenvalue weighted by Crippen LogP contribution is 2.27. The fourth-order valence-corrected chi connectivity index (χ4v) is 6.35. The summed E-state index contributed by atoms with van der Waals surface area (Å²) in [6, 6.07) is 11.7. The van der Waals surface area contributed by atoms with E-state index in [1.54, 1.807) is 4.57 Å². The molecule has 3 aromatic rings. The molecule has 0 aliphatic heterocycles. The Morgan fingerprint density at radius 3 is 2.33 bits per heavy atom. The van der Waals surface area contributed by atoms with E-state index in [0.717, 1.165) is 35.9 Å². The van der Waals surface area contributed by atoms with Gasteiger partial charge in [0.1, 0.15) is 11.3 Å². The molecule has 0 fully saturated rings. The average molecular weight is 528 g/mol. The lowest BCUT2D eigenvalue weighted by molar-refractivity contribution is 0.0997. The highest BCUT2D eigenvalue weighted by molar-refractivity contribution is 7.89. The van der Waals surface area contributed by atoms with E-state index in [1.807, 2.05) is 39.0 Å². The van der Waals surface area contributed by atoms with Crippen molar-refractivity contribution >= 4 is 37.5 Å². The second-order valence-electron chi connectivity index (χ2n) is 8.26. The SMILES string of the molecule is C#CCn1c(=NC(=O)c2ccc(S(=O)(=O)N(CCCC)CCCC)cc2)sc2cccc(OCC)c21. The summed E-state index contributed by atoms with van der Waals surface area (Å²) in [7, 11) is -3.64. The molecule has 1 heterocycles. The van der Waals surface area contributed by atoms with E-state index < -0.39 is 15.9 Å². The standard InChI is InChI=1S/C27H33N3O4S2/c1-5-9-19-29(20-10-6-2)36(32,33)22-16-14-21(15-17-22)26(31)28-27-30(18-7-3)25-23(34-8-4)12-11-13-24(25)35-27/h3,11-17H,5-6,8-10,18-20H2,1-2,4H3. The van der Waals surface area contributed by atoms with E-state index in [9.17, 15) is 13.2 Å². The maximum atomic E-state index is 13.2. The third kappa shape index (κ3) is 6.25. The topological polar surface area (TPSA) is 81.0 Å². The molecule has 0 unspecified atom stereocenters. The number of nitrogens with zero attached hydrogens (tertiary/aromatic N) is 3. The Morgan fingerprint density at radius 2 is 1.75 bits per heavy atom. The molecule has 0 aliphatic carbocycles. The summed E-state index contributed by atoms with van der Waals surface area (Å²) in [5.74, 6) is 2.83. The first kappa shape index (κ1) is 27.7. The van der Waals surface area contributed by atoms with E-state index in [2.05, 4.69) is 10.9 Å². The van der Waals surface area contributed by atoms with E-state index in [-0.39, 0.29) is 11.4 Å². The molecule has 0 spiro atoms. The number of amides is 1. The third-order valence-corrected chi connectivity index (χ3v) is 8.63. The number of fused-ring (bicyclic) bond motifs is 1. The van der Waals surface area contributed by atoms with Gasteiger partial charge in [0.05, 0.1) is 22.7 Å². The molecule has 192 valence electrons. The summed E-state index contributed by atoms with van der Waals surface area (Å²) in [5, 5.41) is 0. The number of carbonyl (C=O) groups is 1. The van der Waals surface area contributed by atoms with Gasteiger partial charge in [-0.1, -0.05) is 50.0 Å². The van der Waals surface area contributed by atoms with Crippen LogP contribution in [-0.2, 0) is 16.6 Å². The van der Waals surface area contributed by atoms with Crippen molar-refractivity contribution in [2.24, 2.45) is 4.99 Å². The zero-order chi connectivity index (χ0) is 26.1. The quantitative estimate of drug-likeness (QED) is 0.308. The molecule has 0 atom stereocenters. The monoisotopic (exact) mass is 527 g/mol. The highest BCUT2D eigenvalue weighted by Gasteiger charge is 2.24. The van der Waals surface area contributed by atoms with Crippen molar-refractivity contribution < 1.29 is 17.9 Å². The largest absolute Gasteiger partial charge is 0.492 e. The molecular weight excluding hydrogens is 494 g/mol. The molecular formula is C27H33N3O4S2. The lowest BCUT2D eigenvalue weighted by Gasteiger charge is -2.22. The highest BCUT2D eigenvalue weighted by atomic mass is 32.2. The van der Waals surface area contributed by atoms with Crippen molar-refractivity contribution in [3.8, 4) is 18.1 Å². The number of ether oxygens (including phenoxy) is 1. The van der Waals surface area contributed by atoms with Gasteiger partial charge >= 0.3 is 0 Å². The summed E-state index contributed by atoms with van der Waals surface area (Å²) < 4.78 is 36.4. The van der Waals surface area contributed by atoms with Gasteiger partial charge in [0, 0.05) is 18.7 Å². The summed E-state index contributed by atoms with van der Waals surface area (Å²) in [4.78, 5) is 18.0. The van der Waals surface area contributed by atoms with Crippen LogP contribution in [0.2, 0.25) is 0 Å². The van der Waals surface area contributed by atoms with Gasteiger partial charge in [-0.15, -0.1) is 6.42 Å². The fraction of sp³-hybridized carbons (Fsp3) is 0.407. The van der Waals surface area contributed by atoms with Gasteiger partial charge in [-0.2, -0.15) is 9.30 Å². The minimum atomic E-state index is -3.64. The summed E-state index contributed by atoms with van der Waals surface area (Å²) in [5.41, 5.74) is 1.10. The van der Waals surface area contributed by atoms with Crippen molar-refractivity contribution in [1.82, 2.24) is 8.87 Å². The molecule has 36 heavy (non-hydrogen) atoms. The van der Waals surface area contributed by atoms with Gasteiger partial charge in [0.25, 0.3) is 5.91 Å². The van der Waals surface area contributed by atoms with E-state index in [4.69, 9.17) is 11.2 Å². The Hall–Kier alpha value is -2.93. The van der Waals surface area contributed by atoms with Crippen molar-refractivity contribution in [3.63, 3.8) is 0 Å². The zero-order valence-corrected chi connectivity index (χ0v) is 22.7. The van der Waals surface area contributed by atoms with Crippen LogP contribution in [0.15, 0.2) is 52.4 Å². The summed E-state index contributed by atoms with van der Waals surface area (Å²) in [6.07, 6.45) is 9.02. The number of unbranched alkanes of at least 4 members (excludes halogenated alkanes) is 2. The number of sulfonamides is 1. The van der Waals surface area contributed by atoms with Crippen molar-refractivity contribution in [2.75, 3.05) is 19.7 Å². The smallest absolute Gasteiger partial charge is 0.279 e. The number of para-hydroxylation sites is 1. The van der Waals surface area contributed by atoms with Gasteiger partial charge in [-0.3, -0.25) is 4.79 Å². The summed E-state index contributed by atoms with van der Waals surface area (Å²) >= 11 is 1.35. The number of carbonyl (C=O) groups excluding carboxylic acids is 1. The maximum Gasteiger partial charge on any atom is 0.279 e. The van der Waals surface area contributed by atoms with Gasteiger partial charge in [-0.05, 0) is 56.2 Å². The molecule has 0 N–H and O–H groups in total. The van der Waals surface area contributed by atoms with Crippen LogP contribution in [-0.4, -0.2) is 42.9 Å². The second kappa shape index (κ2) is 12.9. The molecule has 7 nitrogen and oxygen atoms in total. The van der Waals surface area contributed by atoms with Crippen molar-refractivity contribution in [2.45, 2.75) is 57.9 Å². The number of rotatable bonds is 12. The minimum Gasteiger partial charge on any atom is -0.492 e. The predicted octanol–water partition coefficient (Wildman–Crippen LogP) is 5.07. The molecule has 0 aliphatic rings. The van der Waals surface area contributed by atoms with Gasteiger partial charge in [0.2, 0.25) is 10.0 Å². The number of aromatic nitrogens is 1.